The normalized spacial score (nSPS) is 37.2. The van der Waals surface area contributed by atoms with Crippen LogP contribution in [0.2, 0.25) is 0 Å². The molecule has 1 aliphatic carbocycles. The lowest BCUT2D eigenvalue weighted by Gasteiger charge is -2.42. The molecule has 2 unspecified atom stereocenters. The van der Waals surface area contributed by atoms with Crippen LogP contribution in [0.5, 0.6) is 0 Å². The highest BCUT2D eigenvalue weighted by Crippen LogP contribution is 2.40. The predicted octanol–water partition coefficient (Wildman–Crippen LogP) is 2.91. The molecule has 2 aliphatic rings. The highest BCUT2D eigenvalue weighted by Gasteiger charge is 2.39. The zero-order chi connectivity index (χ0) is 12.7. The van der Waals surface area contributed by atoms with Crippen molar-refractivity contribution in [1.82, 2.24) is 4.90 Å². The Morgan fingerprint density at radius 2 is 1.88 bits per heavy atom. The molecule has 0 aromatic heterocycles. The molecule has 0 spiro atoms. The fraction of sp³-hybridized carbons (Fsp3) is 1.00. The van der Waals surface area contributed by atoms with Crippen LogP contribution >= 0.6 is 0 Å². The summed E-state index contributed by atoms with van der Waals surface area (Å²) in [5.41, 5.74) is 0.604. The quantitative estimate of drug-likeness (QED) is 0.801. The van der Waals surface area contributed by atoms with Crippen LogP contribution < -0.4 is 0 Å². The third-order valence-electron chi connectivity index (χ3n) is 4.89. The molecule has 100 valence electrons. The van der Waals surface area contributed by atoms with Gasteiger partial charge in [-0.1, -0.05) is 34.1 Å². The summed E-state index contributed by atoms with van der Waals surface area (Å²) in [7, 11) is 0. The summed E-state index contributed by atoms with van der Waals surface area (Å²) in [6, 6.07) is 0. The molecule has 0 aromatic rings. The maximum absolute atomic E-state index is 10.5. The summed E-state index contributed by atoms with van der Waals surface area (Å²) in [6.07, 6.45) is 4.86. The Morgan fingerprint density at radius 1 is 1.18 bits per heavy atom. The molecule has 1 aliphatic heterocycles. The van der Waals surface area contributed by atoms with Crippen LogP contribution in [0.25, 0.3) is 0 Å². The van der Waals surface area contributed by atoms with Crippen LogP contribution in [-0.4, -0.2) is 35.7 Å². The number of nitrogens with zero attached hydrogens (tertiary/aromatic N) is 1. The van der Waals surface area contributed by atoms with Crippen molar-refractivity contribution in [3.05, 3.63) is 0 Å². The van der Waals surface area contributed by atoms with Crippen LogP contribution in [0.15, 0.2) is 0 Å². The molecule has 2 rings (SSSR count). The van der Waals surface area contributed by atoms with E-state index >= 15 is 0 Å². The van der Waals surface area contributed by atoms with Gasteiger partial charge in [-0.15, -0.1) is 0 Å². The molecule has 2 nitrogen and oxygen atoms in total. The Kier molecular flexibility index (Phi) is 3.57. The van der Waals surface area contributed by atoms with E-state index in [1.165, 1.54) is 38.8 Å². The van der Waals surface area contributed by atoms with Gasteiger partial charge in [-0.3, -0.25) is 0 Å². The molecule has 0 amide bonds. The van der Waals surface area contributed by atoms with E-state index in [2.05, 4.69) is 32.6 Å². The van der Waals surface area contributed by atoms with Crippen molar-refractivity contribution in [3.8, 4) is 0 Å². The summed E-state index contributed by atoms with van der Waals surface area (Å²) in [5, 5.41) is 10.5. The van der Waals surface area contributed by atoms with E-state index in [-0.39, 0.29) is 11.5 Å². The summed E-state index contributed by atoms with van der Waals surface area (Å²) in [6.45, 7) is 12.7. The Hall–Kier alpha value is -0.0800. The Balaban J connectivity index is 1.91. The first kappa shape index (κ1) is 13.4. The second kappa shape index (κ2) is 4.55. The number of aliphatic hydroxyl groups is 1. The molecule has 0 bridgehead atoms. The average Bonchev–Trinajstić information content (AvgIpc) is 2.53. The van der Waals surface area contributed by atoms with E-state index in [0.717, 1.165) is 6.54 Å². The van der Waals surface area contributed by atoms with Gasteiger partial charge in [0.05, 0.1) is 6.10 Å². The van der Waals surface area contributed by atoms with Crippen LogP contribution in [-0.2, 0) is 0 Å². The van der Waals surface area contributed by atoms with E-state index in [4.69, 9.17) is 0 Å². The zero-order valence-corrected chi connectivity index (χ0v) is 12.0. The lowest BCUT2D eigenvalue weighted by molar-refractivity contribution is -0.0416. The molecule has 17 heavy (non-hydrogen) atoms. The third-order valence-corrected chi connectivity index (χ3v) is 4.89. The summed E-state index contributed by atoms with van der Waals surface area (Å²) in [4.78, 5) is 2.56. The number of rotatable bonds is 2. The van der Waals surface area contributed by atoms with Crippen LogP contribution in [0.1, 0.15) is 53.4 Å². The first-order valence-electron chi connectivity index (χ1n) is 7.21. The molecule has 2 heteroatoms. The van der Waals surface area contributed by atoms with Gasteiger partial charge in [0.1, 0.15) is 0 Å². The lowest BCUT2D eigenvalue weighted by Crippen LogP contribution is -2.44. The average molecular weight is 239 g/mol. The third kappa shape index (κ3) is 3.03. The molecular formula is C15H29NO. The van der Waals surface area contributed by atoms with Crippen LogP contribution in [0.4, 0.5) is 0 Å². The Morgan fingerprint density at radius 3 is 2.47 bits per heavy atom. The summed E-state index contributed by atoms with van der Waals surface area (Å²) < 4.78 is 0. The Labute approximate surface area is 106 Å². The maximum atomic E-state index is 10.5. The largest absolute Gasteiger partial charge is 0.392 e. The minimum atomic E-state index is -0.111. The van der Waals surface area contributed by atoms with Gasteiger partial charge >= 0.3 is 0 Å². The molecule has 1 heterocycles. The van der Waals surface area contributed by atoms with Gasteiger partial charge in [-0.2, -0.15) is 0 Å². The Bertz CT molecular complexity index is 272. The molecule has 2 fully saturated rings. The number of hydrogen-bond donors (Lipinski definition) is 1. The molecule has 1 saturated carbocycles. The molecule has 1 saturated heterocycles. The number of likely N-dealkylation sites (tertiary alicyclic amines) is 1. The van der Waals surface area contributed by atoms with Gasteiger partial charge in [0.15, 0.2) is 0 Å². The van der Waals surface area contributed by atoms with E-state index in [1.807, 2.05) is 0 Å². The smallest absolute Gasteiger partial charge is 0.0631 e. The van der Waals surface area contributed by atoms with Gasteiger partial charge < -0.3 is 10.0 Å². The molecule has 0 radical (unpaired) electrons. The first-order valence-corrected chi connectivity index (χ1v) is 7.21. The lowest BCUT2D eigenvalue weighted by atomic mass is 9.69. The predicted molar refractivity (Wildman–Crippen MR) is 72.0 cm³/mol. The first-order chi connectivity index (χ1) is 7.80. The topological polar surface area (TPSA) is 23.5 Å². The van der Waals surface area contributed by atoms with Gasteiger partial charge in [-0.05, 0) is 42.6 Å². The number of hydrogen-bond acceptors (Lipinski definition) is 2. The number of aliphatic hydroxyl groups excluding tert-OH is 1. The molecule has 2 atom stereocenters. The second-order valence-corrected chi connectivity index (χ2v) is 7.74. The summed E-state index contributed by atoms with van der Waals surface area (Å²) >= 11 is 0. The molecular weight excluding hydrogens is 210 g/mol. The van der Waals surface area contributed by atoms with Crippen molar-refractivity contribution >= 4 is 0 Å². The SMILES string of the molecule is CC1(C)CCN(CC2CCCC(C)(C)C2O)C1. The summed E-state index contributed by atoms with van der Waals surface area (Å²) in [5.74, 6) is 0.493. The van der Waals surface area contributed by atoms with Crippen LogP contribution in [0, 0.1) is 16.7 Å². The second-order valence-electron chi connectivity index (χ2n) is 7.74. The van der Waals surface area contributed by atoms with Crippen LogP contribution in [0.3, 0.4) is 0 Å². The monoisotopic (exact) mass is 239 g/mol. The molecule has 0 aromatic carbocycles. The van der Waals surface area contributed by atoms with E-state index < -0.39 is 0 Å². The van der Waals surface area contributed by atoms with Gasteiger partial charge in [0.25, 0.3) is 0 Å². The highest BCUT2D eigenvalue weighted by molar-refractivity contribution is 4.91. The maximum Gasteiger partial charge on any atom is 0.0631 e. The fourth-order valence-electron chi connectivity index (χ4n) is 3.67. The van der Waals surface area contributed by atoms with Crippen molar-refractivity contribution in [2.24, 2.45) is 16.7 Å². The van der Waals surface area contributed by atoms with Gasteiger partial charge in [0, 0.05) is 13.1 Å². The fourth-order valence-corrected chi connectivity index (χ4v) is 3.67. The molecule has 1 N–H and O–H groups in total. The van der Waals surface area contributed by atoms with Gasteiger partial charge in [-0.25, -0.2) is 0 Å². The van der Waals surface area contributed by atoms with Crippen molar-refractivity contribution in [2.45, 2.75) is 59.5 Å². The van der Waals surface area contributed by atoms with Gasteiger partial charge in [0.2, 0.25) is 0 Å². The van der Waals surface area contributed by atoms with E-state index in [1.54, 1.807) is 0 Å². The minimum Gasteiger partial charge on any atom is -0.392 e. The van der Waals surface area contributed by atoms with Crippen molar-refractivity contribution in [3.63, 3.8) is 0 Å². The standard InChI is InChI=1S/C15H29NO/c1-14(2)8-9-16(11-14)10-12-6-5-7-15(3,4)13(12)17/h12-13,17H,5-11H2,1-4H3. The highest BCUT2D eigenvalue weighted by atomic mass is 16.3. The van der Waals surface area contributed by atoms with Crippen molar-refractivity contribution in [1.29, 1.82) is 0 Å². The zero-order valence-electron chi connectivity index (χ0n) is 12.0. The van der Waals surface area contributed by atoms with E-state index in [0.29, 0.717) is 11.3 Å². The van der Waals surface area contributed by atoms with Crippen molar-refractivity contribution < 1.29 is 5.11 Å². The minimum absolute atomic E-state index is 0.111. The van der Waals surface area contributed by atoms with Crippen molar-refractivity contribution in [2.75, 3.05) is 19.6 Å². The van der Waals surface area contributed by atoms with E-state index in [9.17, 15) is 5.11 Å².